The van der Waals surface area contributed by atoms with Crippen molar-refractivity contribution >= 4 is 5.78 Å². The molecule has 0 heterocycles. The molecule has 0 saturated heterocycles. The molecule has 2 nitrogen and oxygen atoms in total. The van der Waals surface area contributed by atoms with Crippen molar-refractivity contribution in [3.05, 3.63) is 0 Å². The molecular weight excluding hydrogens is 212 g/mol. The number of ketones is 1. The van der Waals surface area contributed by atoms with Crippen molar-refractivity contribution in [1.29, 1.82) is 0 Å². The lowest BCUT2D eigenvalue weighted by Crippen LogP contribution is -2.61. The van der Waals surface area contributed by atoms with E-state index in [2.05, 4.69) is 6.92 Å². The maximum absolute atomic E-state index is 12.5. The van der Waals surface area contributed by atoms with Gasteiger partial charge in [-0.1, -0.05) is 32.6 Å². The van der Waals surface area contributed by atoms with E-state index in [9.17, 15) is 9.90 Å². The zero-order chi connectivity index (χ0) is 12.0. The van der Waals surface area contributed by atoms with Gasteiger partial charge < -0.3 is 5.11 Å². The zero-order valence-electron chi connectivity index (χ0n) is 10.8. The van der Waals surface area contributed by atoms with Crippen LogP contribution in [0.5, 0.6) is 0 Å². The van der Waals surface area contributed by atoms with E-state index in [4.69, 9.17) is 0 Å². The van der Waals surface area contributed by atoms with E-state index in [1.165, 1.54) is 6.42 Å². The minimum Gasteiger partial charge on any atom is -0.389 e. The monoisotopic (exact) mass is 236 g/mol. The second-order valence-electron chi connectivity index (χ2n) is 6.41. The van der Waals surface area contributed by atoms with Crippen LogP contribution in [0.25, 0.3) is 0 Å². The molecule has 3 rings (SSSR count). The van der Waals surface area contributed by atoms with Crippen LogP contribution in [0.15, 0.2) is 0 Å². The van der Waals surface area contributed by atoms with Crippen molar-refractivity contribution in [3.63, 3.8) is 0 Å². The molecule has 0 aromatic heterocycles. The van der Waals surface area contributed by atoms with E-state index in [1.54, 1.807) is 0 Å². The Labute approximate surface area is 104 Å². The summed E-state index contributed by atoms with van der Waals surface area (Å²) >= 11 is 0. The molecule has 0 aromatic rings. The highest BCUT2D eigenvalue weighted by Gasteiger charge is 2.58. The van der Waals surface area contributed by atoms with Gasteiger partial charge in [-0.3, -0.25) is 4.79 Å². The van der Waals surface area contributed by atoms with Crippen LogP contribution in [0.4, 0.5) is 0 Å². The molecular formula is C15H24O2. The SMILES string of the molecule is CC[C@H]1[C@H]2CCCC[C@]2(O)[C@H]2CCC[C@H]1C2=O. The molecule has 0 spiro atoms. The fourth-order valence-corrected chi connectivity index (χ4v) is 5.08. The molecule has 17 heavy (non-hydrogen) atoms. The topological polar surface area (TPSA) is 37.3 Å². The van der Waals surface area contributed by atoms with Crippen molar-refractivity contribution < 1.29 is 9.90 Å². The molecule has 0 radical (unpaired) electrons. The lowest BCUT2D eigenvalue weighted by atomic mass is 9.50. The Hall–Kier alpha value is -0.370. The largest absolute Gasteiger partial charge is 0.389 e. The summed E-state index contributed by atoms with van der Waals surface area (Å²) in [5.74, 6) is 1.54. The van der Waals surface area contributed by atoms with Gasteiger partial charge in [0.25, 0.3) is 0 Å². The van der Waals surface area contributed by atoms with Gasteiger partial charge in [-0.05, 0) is 37.5 Å². The molecule has 2 bridgehead atoms. The highest BCUT2D eigenvalue weighted by molar-refractivity contribution is 5.86. The summed E-state index contributed by atoms with van der Waals surface area (Å²) in [5, 5.41) is 11.1. The van der Waals surface area contributed by atoms with Crippen LogP contribution in [-0.4, -0.2) is 16.5 Å². The highest BCUT2D eigenvalue weighted by atomic mass is 16.3. The number of hydrogen-bond acceptors (Lipinski definition) is 2. The van der Waals surface area contributed by atoms with Crippen molar-refractivity contribution in [1.82, 2.24) is 0 Å². The van der Waals surface area contributed by atoms with E-state index in [1.807, 2.05) is 0 Å². The summed E-state index contributed by atoms with van der Waals surface area (Å²) < 4.78 is 0. The third kappa shape index (κ3) is 1.53. The summed E-state index contributed by atoms with van der Waals surface area (Å²) in [7, 11) is 0. The average Bonchev–Trinajstić information content (AvgIpc) is 2.32. The van der Waals surface area contributed by atoms with Crippen LogP contribution in [0, 0.1) is 23.7 Å². The Morgan fingerprint density at radius 2 is 2.06 bits per heavy atom. The Morgan fingerprint density at radius 3 is 2.82 bits per heavy atom. The Bertz CT molecular complexity index is 325. The van der Waals surface area contributed by atoms with E-state index < -0.39 is 5.60 Å². The van der Waals surface area contributed by atoms with Gasteiger partial charge in [0.1, 0.15) is 5.78 Å². The van der Waals surface area contributed by atoms with Crippen molar-refractivity contribution in [3.8, 4) is 0 Å². The number of rotatable bonds is 1. The minimum atomic E-state index is -0.632. The van der Waals surface area contributed by atoms with Crippen molar-refractivity contribution in [2.75, 3.05) is 0 Å². The van der Waals surface area contributed by atoms with Crippen molar-refractivity contribution in [2.24, 2.45) is 23.7 Å². The number of carbonyl (C=O) groups is 1. The standard InChI is InChI=1S/C15H24O2/c1-2-10-11-6-5-8-13(14(11)16)15(17)9-4-3-7-12(10)15/h10-13,17H,2-9H2,1H3/t10-,11-,12-,13+,15-/m1/s1. The maximum Gasteiger partial charge on any atom is 0.142 e. The predicted molar refractivity (Wildman–Crippen MR) is 66.5 cm³/mol. The van der Waals surface area contributed by atoms with Gasteiger partial charge in [0.15, 0.2) is 0 Å². The van der Waals surface area contributed by atoms with E-state index >= 15 is 0 Å². The summed E-state index contributed by atoms with van der Waals surface area (Å²) in [5.41, 5.74) is -0.632. The normalized spacial score (nSPS) is 49.9. The quantitative estimate of drug-likeness (QED) is 0.760. The molecule has 3 aliphatic carbocycles. The first-order valence-corrected chi connectivity index (χ1v) is 7.44. The van der Waals surface area contributed by atoms with Gasteiger partial charge >= 0.3 is 0 Å². The van der Waals surface area contributed by atoms with Crippen LogP contribution >= 0.6 is 0 Å². The van der Waals surface area contributed by atoms with E-state index in [0.717, 1.165) is 44.9 Å². The second-order valence-corrected chi connectivity index (χ2v) is 6.41. The molecule has 0 amide bonds. The number of Topliss-reactive ketones (excluding diaryl/α,β-unsaturated/α-hetero) is 1. The minimum absolute atomic E-state index is 0.0191. The summed E-state index contributed by atoms with van der Waals surface area (Å²) in [4.78, 5) is 12.5. The van der Waals surface area contributed by atoms with Gasteiger partial charge in [0, 0.05) is 11.8 Å². The number of fused-ring (bicyclic) bond motifs is 4. The Balaban J connectivity index is 2.00. The molecule has 2 heteroatoms. The first-order valence-electron chi connectivity index (χ1n) is 7.44. The van der Waals surface area contributed by atoms with Gasteiger partial charge in [0.05, 0.1) is 5.60 Å². The van der Waals surface area contributed by atoms with Crippen LogP contribution < -0.4 is 0 Å². The Morgan fingerprint density at radius 1 is 1.24 bits per heavy atom. The second kappa shape index (κ2) is 4.08. The number of carbonyl (C=O) groups excluding carboxylic acids is 1. The molecule has 3 saturated carbocycles. The summed E-state index contributed by atoms with van der Waals surface area (Å²) in [6.45, 7) is 2.20. The Kier molecular flexibility index (Phi) is 2.81. The third-order valence-electron chi connectivity index (χ3n) is 5.81. The lowest BCUT2D eigenvalue weighted by molar-refractivity contribution is -0.181. The number of aliphatic hydroxyl groups is 1. The maximum atomic E-state index is 12.5. The van der Waals surface area contributed by atoms with E-state index in [-0.39, 0.29) is 11.8 Å². The van der Waals surface area contributed by atoms with Gasteiger partial charge in [-0.25, -0.2) is 0 Å². The molecule has 96 valence electrons. The molecule has 0 unspecified atom stereocenters. The first-order chi connectivity index (χ1) is 8.18. The van der Waals surface area contributed by atoms with Crippen LogP contribution in [-0.2, 0) is 4.79 Å². The van der Waals surface area contributed by atoms with Crippen LogP contribution in [0.1, 0.15) is 58.3 Å². The van der Waals surface area contributed by atoms with Crippen LogP contribution in [0.2, 0.25) is 0 Å². The van der Waals surface area contributed by atoms with Gasteiger partial charge in [-0.15, -0.1) is 0 Å². The molecule has 5 atom stereocenters. The van der Waals surface area contributed by atoms with Crippen LogP contribution in [0.3, 0.4) is 0 Å². The van der Waals surface area contributed by atoms with E-state index in [0.29, 0.717) is 17.6 Å². The zero-order valence-corrected chi connectivity index (χ0v) is 10.8. The van der Waals surface area contributed by atoms with Gasteiger partial charge in [0.2, 0.25) is 0 Å². The lowest BCUT2D eigenvalue weighted by Gasteiger charge is -2.56. The smallest absolute Gasteiger partial charge is 0.142 e. The molecule has 3 fully saturated rings. The molecule has 0 aliphatic heterocycles. The summed E-state index contributed by atoms with van der Waals surface area (Å²) in [6.07, 6.45) is 8.61. The van der Waals surface area contributed by atoms with Gasteiger partial charge in [-0.2, -0.15) is 0 Å². The predicted octanol–water partition coefficient (Wildman–Crippen LogP) is 2.93. The fourth-order valence-electron chi connectivity index (χ4n) is 5.08. The average molecular weight is 236 g/mol. The molecule has 1 N–H and O–H groups in total. The first kappa shape index (κ1) is 11.7. The number of hydrogen-bond donors (Lipinski definition) is 1. The highest BCUT2D eigenvalue weighted by Crippen LogP contribution is 2.55. The molecule has 3 aliphatic rings. The third-order valence-corrected chi connectivity index (χ3v) is 5.81. The fraction of sp³-hybridized carbons (Fsp3) is 0.933. The molecule has 0 aromatic carbocycles. The summed E-state index contributed by atoms with van der Waals surface area (Å²) in [6, 6.07) is 0. The van der Waals surface area contributed by atoms with Crippen molar-refractivity contribution in [2.45, 2.75) is 63.9 Å².